The van der Waals surface area contributed by atoms with Crippen LogP contribution >= 0.6 is 11.6 Å². The third-order valence-electron chi connectivity index (χ3n) is 4.27. The highest BCUT2D eigenvalue weighted by Crippen LogP contribution is 2.31. The van der Waals surface area contributed by atoms with Gasteiger partial charge in [0.2, 0.25) is 5.91 Å². The largest absolute Gasteiger partial charge is 0.348 e. The van der Waals surface area contributed by atoms with E-state index in [1.54, 1.807) is 17.0 Å². The molecular weight excluding hydrogens is 324 g/mol. The molecule has 1 heterocycles. The van der Waals surface area contributed by atoms with E-state index < -0.39 is 0 Å². The van der Waals surface area contributed by atoms with E-state index in [4.69, 9.17) is 11.6 Å². The molecule has 0 saturated carbocycles. The molecule has 2 aromatic rings. The summed E-state index contributed by atoms with van der Waals surface area (Å²) >= 11 is 6.12. The van der Waals surface area contributed by atoms with E-state index >= 15 is 0 Å². The van der Waals surface area contributed by atoms with Crippen LogP contribution in [0.2, 0.25) is 5.02 Å². The zero-order valence-electron chi connectivity index (χ0n) is 13.5. The van der Waals surface area contributed by atoms with Gasteiger partial charge in [0, 0.05) is 35.8 Å². The van der Waals surface area contributed by atoms with Gasteiger partial charge < -0.3 is 10.2 Å². The number of hydrogen-bond acceptors (Lipinski definition) is 2. The Balaban J connectivity index is 1.78. The molecule has 3 rings (SSSR count). The van der Waals surface area contributed by atoms with E-state index in [-0.39, 0.29) is 11.8 Å². The molecule has 2 aromatic carbocycles. The molecule has 4 nitrogen and oxygen atoms in total. The number of halogens is 1. The number of nitrogens with zero attached hydrogens (tertiary/aromatic N) is 1. The van der Waals surface area contributed by atoms with E-state index in [0.717, 1.165) is 16.8 Å². The van der Waals surface area contributed by atoms with Crippen molar-refractivity contribution in [2.75, 3.05) is 11.4 Å². The fourth-order valence-electron chi connectivity index (χ4n) is 3.01. The van der Waals surface area contributed by atoms with Gasteiger partial charge in [-0.25, -0.2) is 0 Å². The molecule has 0 aliphatic carbocycles. The zero-order valence-corrected chi connectivity index (χ0v) is 14.3. The predicted octanol–water partition coefficient (Wildman–Crippen LogP) is 3.57. The van der Waals surface area contributed by atoms with Crippen molar-refractivity contribution in [3.8, 4) is 0 Å². The minimum atomic E-state index is -0.141. The molecule has 0 radical (unpaired) electrons. The van der Waals surface area contributed by atoms with Crippen LogP contribution < -0.4 is 10.2 Å². The summed E-state index contributed by atoms with van der Waals surface area (Å²) in [6.07, 6.45) is 1.17. The second-order valence-electron chi connectivity index (χ2n) is 5.73. The molecule has 24 heavy (non-hydrogen) atoms. The van der Waals surface area contributed by atoms with Crippen LogP contribution in [0.3, 0.4) is 0 Å². The average Bonchev–Trinajstić information content (AvgIpc) is 3.04. The molecule has 1 aliphatic rings. The predicted molar refractivity (Wildman–Crippen MR) is 95.4 cm³/mol. The third kappa shape index (κ3) is 3.15. The number of amides is 2. The van der Waals surface area contributed by atoms with Crippen LogP contribution in [0.15, 0.2) is 42.5 Å². The number of nitrogens with one attached hydrogen (secondary N) is 1. The van der Waals surface area contributed by atoms with Gasteiger partial charge in [0.1, 0.15) is 0 Å². The van der Waals surface area contributed by atoms with Crippen molar-refractivity contribution in [2.45, 2.75) is 26.3 Å². The Morgan fingerprint density at radius 2 is 1.96 bits per heavy atom. The SMILES string of the molecule is CCC(=O)N1CCc2c(C(=O)NCc3ccccc3Cl)cccc21. The standard InChI is InChI=1S/C19H19ClN2O2/c1-2-18(23)22-11-10-14-15(7-5-9-17(14)22)19(24)21-12-13-6-3-4-8-16(13)20/h3-9H,2,10-12H2,1H3,(H,21,24). The van der Waals surface area contributed by atoms with Gasteiger partial charge in [0.05, 0.1) is 0 Å². The molecule has 0 fully saturated rings. The molecule has 0 saturated heterocycles. The first kappa shape index (κ1) is 16.5. The average molecular weight is 343 g/mol. The summed E-state index contributed by atoms with van der Waals surface area (Å²) in [6, 6.07) is 13.0. The van der Waals surface area contributed by atoms with Crippen molar-refractivity contribution in [1.82, 2.24) is 5.32 Å². The summed E-state index contributed by atoms with van der Waals surface area (Å²) in [6.45, 7) is 2.86. The number of fused-ring (bicyclic) bond motifs is 1. The summed E-state index contributed by atoms with van der Waals surface area (Å²) < 4.78 is 0. The Hall–Kier alpha value is -2.33. The molecule has 0 spiro atoms. The summed E-state index contributed by atoms with van der Waals surface area (Å²) in [7, 11) is 0. The van der Waals surface area contributed by atoms with E-state index in [1.807, 2.05) is 37.3 Å². The molecular formula is C19H19ClN2O2. The fraction of sp³-hybridized carbons (Fsp3) is 0.263. The lowest BCUT2D eigenvalue weighted by Crippen LogP contribution is -2.27. The summed E-state index contributed by atoms with van der Waals surface area (Å²) in [5.74, 6) is -0.0556. The number of benzene rings is 2. The summed E-state index contributed by atoms with van der Waals surface area (Å²) in [5.41, 5.74) is 3.30. The monoisotopic (exact) mass is 342 g/mol. The quantitative estimate of drug-likeness (QED) is 0.923. The Morgan fingerprint density at radius 1 is 1.17 bits per heavy atom. The number of anilines is 1. The highest BCUT2D eigenvalue weighted by atomic mass is 35.5. The molecule has 1 aliphatic heterocycles. The van der Waals surface area contributed by atoms with Gasteiger partial charge in [-0.2, -0.15) is 0 Å². The first-order valence-electron chi connectivity index (χ1n) is 8.05. The topological polar surface area (TPSA) is 49.4 Å². The van der Waals surface area contributed by atoms with Crippen molar-refractivity contribution >= 4 is 29.1 Å². The van der Waals surface area contributed by atoms with Crippen LogP contribution in [0.4, 0.5) is 5.69 Å². The zero-order chi connectivity index (χ0) is 17.1. The number of carbonyl (C=O) groups is 2. The van der Waals surface area contributed by atoms with Gasteiger partial charge in [0.15, 0.2) is 0 Å². The maximum atomic E-state index is 12.6. The van der Waals surface area contributed by atoms with Crippen molar-refractivity contribution in [1.29, 1.82) is 0 Å². The third-order valence-corrected chi connectivity index (χ3v) is 4.64. The van der Waals surface area contributed by atoms with E-state index in [9.17, 15) is 9.59 Å². The van der Waals surface area contributed by atoms with Gasteiger partial charge in [0.25, 0.3) is 5.91 Å². The van der Waals surface area contributed by atoms with Gasteiger partial charge in [-0.05, 0) is 35.7 Å². The lowest BCUT2D eigenvalue weighted by molar-refractivity contribution is -0.118. The smallest absolute Gasteiger partial charge is 0.251 e. The van der Waals surface area contributed by atoms with E-state index in [0.29, 0.717) is 36.5 Å². The highest BCUT2D eigenvalue weighted by molar-refractivity contribution is 6.31. The van der Waals surface area contributed by atoms with Crippen LogP contribution in [0.25, 0.3) is 0 Å². The van der Waals surface area contributed by atoms with Crippen LogP contribution in [-0.2, 0) is 17.8 Å². The lowest BCUT2D eigenvalue weighted by atomic mass is 10.0. The molecule has 0 bridgehead atoms. The first-order chi connectivity index (χ1) is 11.6. The maximum absolute atomic E-state index is 12.6. The second kappa shape index (κ2) is 7.05. The Kier molecular flexibility index (Phi) is 4.86. The van der Waals surface area contributed by atoms with Crippen LogP contribution in [0.5, 0.6) is 0 Å². The van der Waals surface area contributed by atoms with Crippen molar-refractivity contribution in [2.24, 2.45) is 0 Å². The molecule has 124 valence electrons. The van der Waals surface area contributed by atoms with Crippen molar-refractivity contribution in [3.63, 3.8) is 0 Å². The van der Waals surface area contributed by atoms with Crippen molar-refractivity contribution in [3.05, 3.63) is 64.2 Å². The van der Waals surface area contributed by atoms with Gasteiger partial charge >= 0.3 is 0 Å². The van der Waals surface area contributed by atoms with Gasteiger partial charge in [-0.3, -0.25) is 9.59 Å². The molecule has 1 N–H and O–H groups in total. The first-order valence-corrected chi connectivity index (χ1v) is 8.43. The number of carbonyl (C=O) groups excluding carboxylic acids is 2. The molecule has 0 atom stereocenters. The van der Waals surface area contributed by atoms with E-state index in [1.165, 1.54) is 0 Å². The number of rotatable bonds is 4. The Bertz CT molecular complexity index is 789. The van der Waals surface area contributed by atoms with Gasteiger partial charge in [-0.1, -0.05) is 42.8 Å². The van der Waals surface area contributed by atoms with Crippen LogP contribution in [0, 0.1) is 0 Å². The minimum Gasteiger partial charge on any atom is -0.348 e. The summed E-state index contributed by atoms with van der Waals surface area (Å²) in [4.78, 5) is 26.4. The molecule has 0 aromatic heterocycles. The highest BCUT2D eigenvalue weighted by Gasteiger charge is 2.27. The van der Waals surface area contributed by atoms with Crippen LogP contribution in [0.1, 0.15) is 34.8 Å². The Labute approximate surface area is 146 Å². The van der Waals surface area contributed by atoms with E-state index in [2.05, 4.69) is 5.32 Å². The lowest BCUT2D eigenvalue weighted by Gasteiger charge is -2.17. The normalized spacial score (nSPS) is 12.8. The minimum absolute atomic E-state index is 0.0855. The summed E-state index contributed by atoms with van der Waals surface area (Å²) in [5, 5.41) is 3.55. The second-order valence-corrected chi connectivity index (χ2v) is 6.13. The molecule has 0 unspecified atom stereocenters. The molecule has 5 heteroatoms. The molecule has 2 amide bonds. The van der Waals surface area contributed by atoms with Crippen LogP contribution in [-0.4, -0.2) is 18.4 Å². The Morgan fingerprint density at radius 3 is 2.71 bits per heavy atom. The number of hydrogen-bond donors (Lipinski definition) is 1. The fourth-order valence-corrected chi connectivity index (χ4v) is 3.21. The maximum Gasteiger partial charge on any atom is 0.251 e. The van der Waals surface area contributed by atoms with Gasteiger partial charge in [-0.15, -0.1) is 0 Å². The van der Waals surface area contributed by atoms with Crippen molar-refractivity contribution < 1.29 is 9.59 Å².